The fourth-order valence-electron chi connectivity index (χ4n) is 0.823. The SMILES string of the molecule is C=C/C=C\C(=C/C)S/C(C=C)=C/C=C\C.CC.CC. The summed E-state index contributed by atoms with van der Waals surface area (Å²) >= 11 is 1.69. The van der Waals surface area contributed by atoms with Crippen molar-refractivity contribution in [1.82, 2.24) is 0 Å². The smallest absolute Gasteiger partial charge is 0.0116 e. The minimum absolute atomic E-state index is 1.13. The Morgan fingerprint density at radius 1 is 0.895 bits per heavy atom. The summed E-state index contributed by atoms with van der Waals surface area (Å²) < 4.78 is 0. The average Bonchev–Trinajstić information content (AvgIpc) is 2.50. The van der Waals surface area contributed by atoms with Crippen LogP contribution in [0.1, 0.15) is 41.5 Å². The molecule has 0 aliphatic heterocycles. The van der Waals surface area contributed by atoms with E-state index in [9.17, 15) is 0 Å². The molecule has 0 amide bonds. The lowest BCUT2D eigenvalue weighted by Crippen LogP contribution is -1.72. The first-order chi connectivity index (χ1) is 9.28. The molecule has 0 atom stereocenters. The van der Waals surface area contributed by atoms with Gasteiger partial charge in [0, 0.05) is 9.81 Å². The molecule has 0 nitrogen and oxygen atoms in total. The first-order valence-corrected chi connectivity index (χ1v) is 7.68. The quantitative estimate of drug-likeness (QED) is 0.468. The number of allylic oxidation sites excluding steroid dienone is 8. The van der Waals surface area contributed by atoms with Crippen molar-refractivity contribution < 1.29 is 0 Å². The van der Waals surface area contributed by atoms with E-state index in [1.54, 1.807) is 17.8 Å². The molecule has 0 fully saturated rings. The van der Waals surface area contributed by atoms with Crippen LogP contribution in [0.15, 0.2) is 71.6 Å². The topological polar surface area (TPSA) is 0 Å². The number of thioether (sulfide) groups is 1. The monoisotopic (exact) mass is 278 g/mol. The lowest BCUT2D eigenvalue weighted by molar-refractivity contribution is 1.50. The Labute approximate surface area is 125 Å². The zero-order valence-electron chi connectivity index (χ0n) is 13.4. The second-order valence-corrected chi connectivity index (χ2v) is 3.83. The number of hydrogen-bond acceptors (Lipinski definition) is 1. The van der Waals surface area contributed by atoms with Crippen LogP contribution in [0.3, 0.4) is 0 Å². The second-order valence-electron chi connectivity index (χ2n) is 2.69. The molecule has 0 bridgehead atoms. The lowest BCUT2D eigenvalue weighted by atomic mass is 10.4. The van der Waals surface area contributed by atoms with Crippen LogP contribution in [0, 0.1) is 0 Å². The summed E-state index contributed by atoms with van der Waals surface area (Å²) in [4.78, 5) is 2.32. The second kappa shape index (κ2) is 22.0. The molecule has 0 unspecified atom stereocenters. The summed E-state index contributed by atoms with van der Waals surface area (Å²) in [6, 6.07) is 0. The predicted molar refractivity (Wildman–Crippen MR) is 96.5 cm³/mol. The highest BCUT2D eigenvalue weighted by Gasteiger charge is 1.94. The van der Waals surface area contributed by atoms with Crippen LogP contribution in [0.25, 0.3) is 0 Å². The minimum atomic E-state index is 1.13. The Hall–Kier alpha value is -1.21. The molecule has 0 saturated heterocycles. The van der Waals surface area contributed by atoms with E-state index in [0.717, 1.165) is 4.91 Å². The van der Waals surface area contributed by atoms with Gasteiger partial charge in [-0.15, -0.1) is 0 Å². The van der Waals surface area contributed by atoms with Crippen LogP contribution < -0.4 is 0 Å². The summed E-state index contributed by atoms with van der Waals surface area (Å²) in [5.74, 6) is 0. The van der Waals surface area contributed by atoms with E-state index in [-0.39, 0.29) is 0 Å². The van der Waals surface area contributed by atoms with Gasteiger partial charge in [0.25, 0.3) is 0 Å². The highest BCUT2D eigenvalue weighted by atomic mass is 32.2. The lowest BCUT2D eigenvalue weighted by Gasteiger charge is -2.01. The normalized spacial score (nSPS) is 11.5. The van der Waals surface area contributed by atoms with E-state index < -0.39 is 0 Å². The Kier molecular flexibility index (Phi) is 26.6. The highest BCUT2D eigenvalue weighted by molar-refractivity contribution is 8.07. The van der Waals surface area contributed by atoms with Crippen molar-refractivity contribution in [2.24, 2.45) is 0 Å². The molecule has 0 aliphatic rings. The first kappa shape index (κ1) is 22.9. The molecule has 0 aromatic heterocycles. The average molecular weight is 279 g/mol. The maximum absolute atomic E-state index is 3.79. The Balaban J connectivity index is -0.000000579. The zero-order valence-corrected chi connectivity index (χ0v) is 14.3. The Morgan fingerprint density at radius 2 is 1.47 bits per heavy atom. The zero-order chi connectivity index (χ0) is 15.5. The van der Waals surface area contributed by atoms with Crippen molar-refractivity contribution in [3.8, 4) is 0 Å². The molecule has 0 heterocycles. The fraction of sp³-hybridized carbons (Fsp3) is 0.333. The predicted octanol–water partition coefficient (Wildman–Crippen LogP) is 7.06. The van der Waals surface area contributed by atoms with Crippen molar-refractivity contribution in [1.29, 1.82) is 0 Å². The molecule has 0 saturated carbocycles. The van der Waals surface area contributed by atoms with Gasteiger partial charge in [-0.2, -0.15) is 0 Å². The van der Waals surface area contributed by atoms with Gasteiger partial charge in [-0.25, -0.2) is 0 Å². The van der Waals surface area contributed by atoms with Crippen molar-refractivity contribution in [3.63, 3.8) is 0 Å². The van der Waals surface area contributed by atoms with Crippen LogP contribution in [-0.4, -0.2) is 0 Å². The van der Waals surface area contributed by atoms with Gasteiger partial charge in [0.15, 0.2) is 0 Å². The molecular formula is C18H30S. The van der Waals surface area contributed by atoms with Crippen LogP contribution in [0.5, 0.6) is 0 Å². The maximum Gasteiger partial charge on any atom is 0.0116 e. The molecule has 0 rings (SSSR count). The van der Waals surface area contributed by atoms with E-state index in [4.69, 9.17) is 0 Å². The highest BCUT2D eigenvalue weighted by Crippen LogP contribution is 2.26. The summed E-state index contributed by atoms with van der Waals surface area (Å²) in [6.07, 6.45) is 15.7. The summed E-state index contributed by atoms with van der Waals surface area (Å²) in [5.41, 5.74) is 0. The van der Waals surface area contributed by atoms with Crippen molar-refractivity contribution in [3.05, 3.63) is 71.6 Å². The van der Waals surface area contributed by atoms with Crippen molar-refractivity contribution in [2.45, 2.75) is 41.5 Å². The molecule has 0 radical (unpaired) electrons. The molecule has 0 aromatic carbocycles. The minimum Gasteiger partial charge on any atom is -0.0991 e. The molecule has 0 N–H and O–H groups in total. The summed E-state index contributed by atoms with van der Waals surface area (Å²) in [6.45, 7) is 19.4. The maximum atomic E-state index is 3.79. The molecule has 0 aliphatic carbocycles. The van der Waals surface area contributed by atoms with Crippen LogP contribution in [0.4, 0.5) is 0 Å². The van der Waals surface area contributed by atoms with E-state index in [1.807, 2.05) is 78.0 Å². The van der Waals surface area contributed by atoms with Crippen LogP contribution in [-0.2, 0) is 0 Å². The molecule has 19 heavy (non-hydrogen) atoms. The third-order valence-corrected chi connectivity index (χ3v) is 2.72. The molecule has 0 aromatic rings. The van der Waals surface area contributed by atoms with Crippen LogP contribution in [0.2, 0.25) is 0 Å². The standard InChI is InChI=1S/C14H18S.2C2H6/c1-5-9-11-13(7-3)15-14(8-4)12-10-6-2;2*1-2/h5-12H,1,4H2,2-3H3;2*1-2H3/b10-6-,11-9-,13-7+,14-12+;;. The Bertz CT molecular complexity index is 315. The van der Waals surface area contributed by atoms with Gasteiger partial charge in [0.2, 0.25) is 0 Å². The Morgan fingerprint density at radius 3 is 1.84 bits per heavy atom. The summed E-state index contributed by atoms with van der Waals surface area (Å²) in [5, 5.41) is 0. The number of rotatable bonds is 6. The molecule has 108 valence electrons. The van der Waals surface area contributed by atoms with Crippen molar-refractivity contribution in [2.75, 3.05) is 0 Å². The van der Waals surface area contributed by atoms with E-state index in [2.05, 4.69) is 19.2 Å². The molecule has 1 heteroatoms. The van der Waals surface area contributed by atoms with Gasteiger partial charge in [0.05, 0.1) is 0 Å². The van der Waals surface area contributed by atoms with Crippen molar-refractivity contribution >= 4 is 11.8 Å². The van der Waals surface area contributed by atoms with Gasteiger partial charge < -0.3 is 0 Å². The van der Waals surface area contributed by atoms with Gasteiger partial charge in [-0.3, -0.25) is 0 Å². The molecular weight excluding hydrogens is 248 g/mol. The van der Waals surface area contributed by atoms with E-state index in [0.29, 0.717) is 0 Å². The van der Waals surface area contributed by atoms with Gasteiger partial charge in [-0.1, -0.05) is 89.1 Å². The molecule has 0 spiro atoms. The summed E-state index contributed by atoms with van der Waals surface area (Å²) in [7, 11) is 0. The van der Waals surface area contributed by atoms with E-state index >= 15 is 0 Å². The van der Waals surface area contributed by atoms with E-state index in [1.165, 1.54) is 4.91 Å². The third kappa shape index (κ3) is 16.8. The van der Waals surface area contributed by atoms with Gasteiger partial charge in [0.1, 0.15) is 0 Å². The first-order valence-electron chi connectivity index (χ1n) is 6.87. The largest absolute Gasteiger partial charge is 0.0991 e. The van der Waals surface area contributed by atoms with Crippen LogP contribution >= 0.6 is 11.8 Å². The van der Waals surface area contributed by atoms with Gasteiger partial charge >= 0.3 is 0 Å². The third-order valence-electron chi connectivity index (χ3n) is 1.57. The van der Waals surface area contributed by atoms with Gasteiger partial charge in [-0.05, 0) is 26.0 Å². The number of hydrogen-bond donors (Lipinski definition) is 0. The fourth-order valence-corrected chi connectivity index (χ4v) is 1.59.